The summed E-state index contributed by atoms with van der Waals surface area (Å²) >= 11 is 0. The average molecular weight is 334 g/mol. The van der Waals surface area contributed by atoms with Crippen LogP contribution in [0.4, 0.5) is 5.69 Å². The van der Waals surface area contributed by atoms with Gasteiger partial charge in [0.15, 0.2) is 0 Å². The Bertz CT molecular complexity index is 712. The van der Waals surface area contributed by atoms with Gasteiger partial charge in [-0.1, -0.05) is 11.8 Å². The van der Waals surface area contributed by atoms with Crippen molar-refractivity contribution in [3.8, 4) is 11.8 Å². The summed E-state index contributed by atoms with van der Waals surface area (Å²) in [5, 5.41) is -0.467. The monoisotopic (exact) mass is 334 g/mol. The molecular formula is C17H22N2O3S. The number of anilines is 1. The molecule has 5 nitrogen and oxygen atoms in total. The summed E-state index contributed by atoms with van der Waals surface area (Å²) in [4.78, 5) is 13.7. The van der Waals surface area contributed by atoms with Gasteiger partial charge in [-0.3, -0.25) is 4.79 Å². The lowest BCUT2D eigenvalue weighted by Gasteiger charge is -2.26. The topological polar surface area (TPSA) is 66.5 Å². The molecule has 1 aromatic carbocycles. The zero-order chi connectivity index (χ0) is 16.9. The Morgan fingerprint density at radius 3 is 2.52 bits per heavy atom. The number of sulfonamides is 1. The average Bonchev–Trinajstić information content (AvgIpc) is 2.53. The highest BCUT2D eigenvalue weighted by molar-refractivity contribution is 7.90. The number of piperidine rings is 1. The lowest BCUT2D eigenvalue weighted by Crippen LogP contribution is -2.35. The first-order chi connectivity index (χ1) is 10.9. The number of hydrogen-bond acceptors (Lipinski definition) is 3. The molecule has 124 valence electrons. The fraction of sp³-hybridized carbons (Fsp3) is 0.471. The summed E-state index contributed by atoms with van der Waals surface area (Å²) in [6, 6.07) is 7.46. The van der Waals surface area contributed by atoms with E-state index in [-0.39, 0.29) is 12.5 Å². The van der Waals surface area contributed by atoms with Crippen LogP contribution in [0.15, 0.2) is 24.3 Å². The van der Waals surface area contributed by atoms with Crippen molar-refractivity contribution >= 4 is 21.6 Å². The van der Waals surface area contributed by atoms with Crippen molar-refractivity contribution in [3.63, 3.8) is 0 Å². The molecule has 0 radical (unpaired) electrons. The van der Waals surface area contributed by atoms with E-state index in [1.165, 1.54) is 0 Å². The number of nitrogens with zero attached hydrogens (tertiary/aromatic N) is 1. The number of rotatable bonds is 4. The number of carbonyl (C=O) groups excluding carboxylic acids is 1. The zero-order valence-electron chi connectivity index (χ0n) is 13.5. The highest BCUT2D eigenvalue weighted by atomic mass is 32.2. The Morgan fingerprint density at radius 1 is 1.22 bits per heavy atom. The third-order valence-corrected chi connectivity index (χ3v) is 5.51. The van der Waals surface area contributed by atoms with Crippen molar-refractivity contribution in [1.82, 2.24) is 4.72 Å². The number of carbonyl (C=O) groups is 1. The standard InChI is InChI=1S/C17H22N2O3S/c1-14(2)23(21,22)18-12-5-6-15-8-10-16(11-9-15)19-13-4-3-7-17(19)20/h8-11,14,18H,3-4,7,12-13H2,1-2H3. The van der Waals surface area contributed by atoms with Gasteiger partial charge < -0.3 is 4.90 Å². The van der Waals surface area contributed by atoms with Gasteiger partial charge in [0.1, 0.15) is 0 Å². The second-order valence-corrected chi connectivity index (χ2v) is 8.09. The van der Waals surface area contributed by atoms with E-state index in [2.05, 4.69) is 16.6 Å². The minimum Gasteiger partial charge on any atom is -0.312 e. The van der Waals surface area contributed by atoms with Crippen LogP contribution in [0.25, 0.3) is 0 Å². The van der Waals surface area contributed by atoms with Crippen molar-refractivity contribution in [3.05, 3.63) is 29.8 Å². The molecule has 1 heterocycles. The minimum absolute atomic E-state index is 0.0902. The quantitative estimate of drug-likeness (QED) is 0.855. The smallest absolute Gasteiger partial charge is 0.226 e. The molecule has 6 heteroatoms. The Balaban J connectivity index is 1.96. The molecule has 0 aliphatic carbocycles. The molecule has 1 aliphatic rings. The van der Waals surface area contributed by atoms with Gasteiger partial charge in [-0.05, 0) is 51.0 Å². The van der Waals surface area contributed by atoms with E-state index < -0.39 is 15.3 Å². The molecule has 0 atom stereocenters. The van der Waals surface area contributed by atoms with Gasteiger partial charge in [0, 0.05) is 24.2 Å². The van der Waals surface area contributed by atoms with Crippen LogP contribution in [-0.4, -0.2) is 32.7 Å². The van der Waals surface area contributed by atoms with Gasteiger partial charge in [-0.2, -0.15) is 0 Å². The predicted octanol–water partition coefficient (Wildman–Crippen LogP) is 1.88. The zero-order valence-corrected chi connectivity index (χ0v) is 14.3. The number of hydrogen-bond donors (Lipinski definition) is 1. The first-order valence-electron chi connectivity index (χ1n) is 7.78. The maximum atomic E-state index is 11.9. The van der Waals surface area contributed by atoms with E-state index in [9.17, 15) is 13.2 Å². The van der Waals surface area contributed by atoms with Gasteiger partial charge in [0.05, 0.1) is 11.8 Å². The molecule has 0 spiro atoms. The fourth-order valence-electron chi connectivity index (χ4n) is 2.25. The van der Waals surface area contributed by atoms with Crippen LogP contribution in [0.3, 0.4) is 0 Å². The molecule has 0 unspecified atom stereocenters. The SMILES string of the molecule is CC(C)S(=O)(=O)NCC#Cc1ccc(N2CCCCC2=O)cc1. The van der Waals surface area contributed by atoms with E-state index in [1.807, 2.05) is 24.3 Å². The second kappa shape index (κ2) is 7.62. The van der Waals surface area contributed by atoms with Crippen molar-refractivity contribution in [2.45, 2.75) is 38.4 Å². The number of amides is 1. The third kappa shape index (κ3) is 4.81. The molecule has 0 saturated carbocycles. The molecule has 1 saturated heterocycles. The van der Waals surface area contributed by atoms with Crippen LogP contribution < -0.4 is 9.62 Å². The summed E-state index contributed by atoms with van der Waals surface area (Å²) in [6.45, 7) is 4.10. The first-order valence-corrected chi connectivity index (χ1v) is 9.32. The summed E-state index contributed by atoms with van der Waals surface area (Å²) in [5.74, 6) is 5.88. The van der Waals surface area contributed by atoms with E-state index in [1.54, 1.807) is 18.7 Å². The van der Waals surface area contributed by atoms with E-state index >= 15 is 0 Å². The maximum Gasteiger partial charge on any atom is 0.226 e. The molecule has 2 rings (SSSR count). The predicted molar refractivity (Wildman–Crippen MR) is 91.6 cm³/mol. The van der Waals surface area contributed by atoms with Crippen molar-refractivity contribution < 1.29 is 13.2 Å². The van der Waals surface area contributed by atoms with Crippen LogP contribution >= 0.6 is 0 Å². The van der Waals surface area contributed by atoms with E-state index in [4.69, 9.17) is 0 Å². The Hall–Kier alpha value is -1.84. The maximum absolute atomic E-state index is 11.9. The molecule has 0 bridgehead atoms. The van der Waals surface area contributed by atoms with Gasteiger partial charge >= 0.3 is 0 Å². The fourth-order valence-corrected chi connectivity index (χ4v) is 2.86. The highest BCUT2D eigenvalue weighted by Crippen LogP contribution is 2.20. The van der Waals surface area contributed by atoms with Gasteiger partial charge in [0.2, 0.25) is 15.9 Å². The number of benzene rings is 1. The van der Waals surface area contributed by atoms with Crippen molar-refractivity contribution in [1.29, 1.82) is 0 Å². The van der Waals surface area contributed by atoms with Crippen LogP contribution in [0, 0.1) is 11.8 Å². The Morgan fingerprint density at radius 2 is 1.91 bits per heavy atom. The van der Waals surface area contributed by atoms with Gasteiger partial charge in [-0.15, -0.1) is 0 Å². The molecule has 1 aromatic rings. The third-order valence-electron chi connectivity index (χ3n) is 3.72. The molecular weight excluding hydrogens is 312 g/mol. The molecule has 1 amide bonds. The number of nitrogens with one attached hydrogen (secondary N) is 1. The van der Waals surface area contributed by atoms with Crippen LogP contribution in [0.2, 0.25) is 0 Å². The van der Waals surface area contributed by atoms with Crippen molar-refractivity contribution in [2.24, 2.45) is 0 Å². The molecule has 1 fully saturated rings. The molecule has 1 N–H and O–H groups in total. The lowest BCUT2D eigenvalue weighted by molar-refractivity contribution is -0.119. The first kappa shape index (κ1) is 17.5. The van der Waals surface area contributed by atoms with Gasteiger partial charge in [0.25, 0.3) is 0 Å². The molecule has 1 aliphatic heterocycles. The van der Waals surface area contributed by atoms with E-state index in [0.29, 0.717) is 6.42 Å². The summed E-state index contributed by atoms with van der Waals surface area (Å²) in [6.07, 6.45) is 2.60. The van der Waals surface area contributed by atoms with Crippen LogP contribution in [0.1, 0.15) is 38.7 Å². The summed E-state index contributed by atoms with van der Waals surface area (Å²) < 4.78 is 25.6. The van der Waals surface area contributed by atoms with Crippen LogP contribution in [0.5, 0.6) is 0 Å². The molecule has 23 heavy (non-hydrogen) atoms. The second-order valence-electron chi connectivity index (χ2n) is 5.77. The van der Waals surface area contributed by atoms with Gasteiger partial charge in [-0.25, -0.2) is 13.1 Å². The largest absolute Gasteiger partial charge is 0.312 e. The van der Waals surface area contributed by atoms with Crippen LogP contribution in [-0.2, 0) is 14.8 Å². The highest BCUT2D eigenvalue weighted by Gasteiger charge is 2.19. The normalized spacial score (nSPS) is 15.4. The summed E-state index contributed by atoms with van der Waals surface area (Å²) in [7, 11) is -3.28. The minimum atomic E-state index is -3.28. The Kier molecular flexibility index (Phi) is 5.80. The van der Waals surface area contributed by atoms with Crippen molar-refractivity contribution in [2.75, 3.05) is 18.0 Å². The Labute approximate surface area is 138 Å². The molecule has 0 aromatic heterocycles. The van der Waals surface area contributed by atoms with E-state index in [0.717, 1.165) is 30.6 Å². The lowest BCUT2D eigenvalue weighted by atomic mass is 10.1. The summed E-state index contributed by atoms with van der Waals surface area (Å²) in [5.41, 5.74) is 1.68.